The normalized spacial score (nSPS) is 11.5. The second-order valence-corrected chi connectivity index (χ2v) is 8.72. The van der Waals surface area contributed by atoms with Gasteiger partial charge in [0.25, 0.3) is 0 Å². The molecule has 1 N–H and O–H groups in total. The van der Waals surface area contributed by atoms with E-state index in [2.05, 4.69) is 11.4 Å². The van der Waals surface area contributed by atoms with Crippen LogP contribution >= 0.6 is 22.9 Å². The fourth-order valence-electron chi connectivity index (χ4n) is 2.67. The van der Waals surface area contributed by atoms with Gasteiger partial charge in [0.15, 0.2) is 0 Å². The lowest BCUT2D eigenvalue weighted by Gasteiger charge is -2.19. The predicted molar refractivity (Wildman–Crippen MR) is 110 cm³/mol. The Morgan fingerprint density at radius 3 is 2.58 bits per heavy atom. The summed E-state index contributed by atoms with van der Waals surface area (Å²) < 4.78 is 5.48. The highest BCUT2D eigenvalue weighted by Crippen LogP contribution is 2.22. The number of ether oxygens (including phenoxy) is 1. The number of hydrogen-bond acceptors (Lipinski definition) is 4. The number of carbonyl (C=O) groups is 1. The second kappa shape index (κ2) is 10.1. The Kier molecular flexibility index (Phi) is 8.14. The molecule has 0 saturated carbocycles. The van der Waals surface area contributed by atoms with Crippen molar-refractivity contribution in [2.75, 3.05) is 13.1 Å². The molecule has 1 aromatic heterocycles. The van der Waals surface area contributed by atoms with Crippen molar-refractivity contribution in [3.05, 3.63) is 56.7 Å². The summed E-state index contributed by atoms with van der Waals surface area (Å²) in [5.41, 5.74) is 1.91. The van der Waals surface area contributed by atoms with Crippen LogP contribution in [0.3, 0.4) is 0 Å². The highest BCUT2D eigenvalue weighted by Gasteiger charge is 2.21. The van der Waals surface area contributed by atoms with E-state index in [1.807, 2.05) is 50.4 Å². The summed E-state index contributed by atoms with van der Waals surface area (Å²) in [6, 6.07) is 10.1. The summed E-state index contributed by atoms with van der Waals surface area (Å²) in [4.78, 5) is 13.0. The van der Waals surface area contributed by atoms with E-state index in [9.17, 15) is 4.79 Å². The highest BCUT2D eigenvalue weighted by molar-refractivity contribution is 7.12. The lowest BCUT2D eigenvalue weighted by atomic mass is 10.1. The molecule has 0 fully saturated rings. The fourth-order valence-corrected chi connectivity index (χ4v) is 3.72. The Balaban J connectivity index is 1.64. The van der Waals surface area contributed by atoms with E-state index in [-0.39, 0.29) is 5.97 Å². The van der Waals surface area contributed by atoms with Gasteiger partial charge in [0.05, 0.1) is 0 Å². The summed E-state index contributed by atoms with van der Waals surface area (Å²) in [5, 5.41) is 6.24. The number of rotatable bonds is 9. The van der Waals surface area contributed by atoms with Crippen LogP contribution in [0.15, 0.2) is 35.7 Å². The van der Waals surface area contributed by atoms with E-state index in [1.165, 1.54) is 16.9 Å². The third kappa shape index (κ3) is 7.48. The molecule has 0 aliphatic carbocycles. The van der Waals surface area contributed by atoms with E-state index < -0.39 is 5.60 Å². The fraction of sp³-hybridized carbons (Fsp3) is 0.476. The molecule has 1 heterocycles. The number of hydrogen-bond donors (Lipinski definition) is 1. The van der Waals surface area contributed by atoms with Crippen LogP contribution in [0.1, 0.15) is 54.4 Å². The van der Waals surface area contributed by atoms with E-state index in [1.54, 1.807) is 0 Å². The average molecular weight is 394 g/mol. The Morgan fingerprint density at radius 1 is 1.15 bits per heavy atom. The zero-order chi connectivity index (χ0) is 19.0. The van der Waals surface area contributed by atoms with Crippen molar-refractivity contribution >= 4 is 28.9 Å². The molecular weight excluding hydrogens is 366 g/mol. The molecule has 0 unspecified atom stereocenters. The van der Waals surface area contributed by atoms with Gasteiger partial charge in [0, 0.05) is 5.02 Å². The van der Waals surface area contributed by atoms with Gasteiger partial charge in [-0.1, -0.05) is 23.7 Å². The van der Waals surface area contributed by atoms with Crippen LogP contribution in [0.25, 0.3) is 0 Å². The minimum absolute atomic E-state index is 0.211. The summed E-state index contributed by atoms with van der Waals surface area (Å²) in [5.74, 6) is -0.211. The molecule has 142 valence electrons. The number of halogens is 1. The maximum Gasteiger partial charge on any atom is 0.349 e. The first kappa shape index (κ1) is 20.9. The maximum absolute atomic E-state index is 12.2. The van der Waals surface area contributed by atoms with Crippen molar-refractivity contribution in [2.45, 2.75) is 52.1 Å². The van der Waals surface area contributed by atoms with E-state index in [0.29, 0.717) is 0 Å². The maximum atomic E-state index is 12.2. The molecule has 0 radical (unpaired) electrons. The van der Waals surface area contributed by atoms with E-state index in [4.69, 9.17) is 16.3 Å². The lowest BCUT2D eigenvalue weighted by Crippen LogP contribution is -2.24. The molecule has 26 heavy (non-hydrogen) atoms. The van der Waals surface area contributed by atoms with Crippen LogP contribution < -0.4 is 5.32 Å². The van der Waals surface area contributed by atoms with Crippen molar-refractivity contribution in [3.63, 3.8) is 0 Å². The largest absolute Gasteiger partial charge is 0.456 e. The van der Waals surface area contributed by atoms with Crippen molar-refractivity contribution in [3.8, 4) is 0 Å². The molecule has 0 aliphatic rings. The molecule has 2 rings (SSSR count). The van der Waals surface area contributed by atoms with Crippen molar-refractivity contribution in [2.24, 2.45) is 0 Å². The Labute approximate surface area is 165 Å². The number of benzene rings is 1. The summed E-state index contributed by atoms with van der Waals surface area (Å²) in [7, 11) is 0. The topological polar surface area (TPSA) is 38.3 Å². The third-order valence-corrected chi connectivity index (χ3v) is 5.01. The van der Waals surface area contributed by atoms with Crippen LogP contribution in [-0.4, -0.2) is 24.7 Å². The van der Waals surface area contributed by atoms with E-state index in [0.717, 1.165) is 54.2 Å². The van der Waals surface area contributed by atoms with Gasteiger partial charge in [0.2, 0.25) is 0 Å². The number of aryl methyl sites for hydroxylation is 2. The van der Waals surface area contributed by atoms with Gasteiger partial charge >= 0.3 is 5.97 Å². The van der Waals surface area contributed by atoms with Gasteiger partial charge in [-0.25, -0.2) is 4.79 Å². The van der Waals surface area contributed by atoms with Crippen LogP contribution in [0.5, 0.6) is 0 Å². The Hall–Kier alpha value is -1.36. The van der Waals surface area contributed by atoms with E-state index >= 15 is 0 Å². The highest BCUT2D eigenvalue weighted by atomic mass is 35.5. The first-order valence-corrected chi connectivity index (χ1v) is 10.4. The van der Waals surface area contributed by atoms with Crippen LogP contribution in [0.2, 0.25) is 5.02 Å². The minimum Gasteiger partial charge on any atom is -0.456 e. The third-order valence-electron chi connectivity index (χ3n) is 3.84. The molecule has 0 saturated heterocycles. The molecule has 0 atom stereocenters. The van der Waals surface area contributed by atoms with Gasteiger partial charge in [-0.05, 0) is 94.3 Å². The minimum atomic E-state index is -0.455. The second-order valence-electron chi connectivity index (χ2n) is 7.36. The van der Waals surface area contributed by atoms with Crippen molar-refractivity contribution in [1.29, 1.82) is 0 Å². The number of esters is 1. The lowest BCUT2D eigenvalue weighted by molar-refractivity contribution is 0.00741. The van der Waals surface area contributed by atoms with Crippen LogP contribution in [0.4, 0.5) is 0 Å². The summed E-state index contributed by atoms with van der Waals surface area (Å²) in [6.45, 7) is 7.61. The molecule has 5 heteroatoms. The zero-order valence-corrected chi connectivity index (χ0v) is 17.4. The quantitative estimate of drug-likeness (QED) is 0.450. The molecule has 0 bridgehead atoms. The zero-order valence-electron chi connectivity index (χ0n) is 15.8. The number of thiophene rings is 1. The Morgan fingerprint density at radius 2 is 1.88 bits per heavy atom. The van der Waals surface area contributed by atoms with Gasteiger partial charge < -0.3 is 10.1 Å². The molecule has 0 amide bonds. The number of nitrogens with one attached hydrogen (secondary N) is 1. The van der Waals surface area contributed by atoms with Crippen molar-refractivity contribution in [1.82, 2.24) is 5.32 Å². The molecule has 2 aromatic rings. The molecule has 1 aromatic carbocycles. The first-order chi connectivity index (χ1) is 12.3. The Bertz CT molecular complexity index is 706. The molecule has 0 spiro atoms. The average Bonchev–Trinajstić information content (AvgIpc) is 3.01. The smallest absolute Gasteiger partial charge is 0.349 e. The molecular formula is C21H28ClNO2S. The summed E-state index contributed by atoms with van der Waals surface area (Å²) >= 11 is 7.46. The monoisotopic (exact) mass is 393 g/mol. The van der Waals surface area contributed by atoms with Gasteiger partial charge in [-0.3, -0.25) is 0 Å². The molecule has 0 aliphatic heterocycles. The SMILES string of the molecule is CC(C)(C)OC(=O)c1sccc1CCCNCCCc1cccc(Cl)c1. The van der Waals surface area contributed by atoms with Gasteiger partial charge in [-0.2, -0.15) is 0 Å². The number of carbonyl (C=O) groups excluding carboxylic acids is 1. The summed E-state index contributed by atoms with van der Waals surface area (Å²) in [6.07, 6.45) is 4.01. The van der Waals surface area contributed by atoms with Gasteiger partial charge in [-0.15, -0.1) is 11.3 Å². The van der Waals surface area contributed by atoms with Gasteiger partial charge in [0.1, 0.15) is 10.5 Å². The van der Waals surface area contributed by atoms with Crippen LogP contribution in [-0.2, 0) is 17.6 Å². The predicted octanol–water partition coefficient (Wildman–Crippen LogP) is 5.51. The van der Waals surface area contributed by atoms with Crippen molar-refractivity contribution < 1.29 is 9.53 Å². The first-order valence-electron chi connectivity index (χ1n) is 9.10. The molecule has 3 nitrogen and oxygen atoms in total. The van der Waals surface area contributed by atoms with Crippen LogP contribution in [0, 0.1) is 0 Å². The standard InChI is InChI=1S/C21H28ClNO2S/c1-21(2,3)25-20(24)19-17(11-14-26-19)9-6-13-23-12-5-8-16-7-4-10-18(22)15-16/h4,7,10-11,14-15,23H,5-6,8-9,12-13H2,1-3H3.